The van der Waals surface area contributed by atoms with Gasteiger partial charge in [-0.3, -0.25) is 9.59 Å². The number of hydrogen-bond acceptors (Lipinski definition) is 5. The van der Waals surface area contributed by atoms with Gasteiger partial charge in [-0.25, -0.2) is 0 Å². The number of Topliss-reactive ketones (excluding diaryl/α,β-unsaturated/α-hetero) is 1. The molecule has 4 rings (SSSR count). The van der Waals surface area contributed by atoms with Crippen molar-refractivity contribution >= 4 is 17.4 Å². The summed E-state index contributed by atoms with van der Waals surface area (Å²) in [6.07, 6.45) is 1.51. The lowest BCUT2D eigenvalue weighted by atomic mass is 9.96. The molecule has 2 aromatic rings. The highest BCUT2D eigenvalue weighted by Gasteiger charge is 2.47. The van der Waals surface area contributed by atoms with E-state index in [2.05, 4.69) is 0 Å². The normalized spacial score (nSPS) is 22.1. The second kappa shape index (κ2) is 8.45. The quantitative estimate of drug-likeness (QED) is 0.439. The fourth-order valence-electron chi connectivity index (χ4n) is 4.18. The van der Waals surface area contributed by atoms with Crippen LogP contribution in [0.4, 0.5) is 0 Å². The van der Waals surface area contributed by atoms with E-state index in [-0.39, 0.29) is 11.3 Å². The maximum Gasteiger partial charge on any atom is 0.295 e. The van der Waals surface area contributed by atoms with Gasteiger partial charge < -0.3 is 24.1 Å². The Balaban J connectivity index is 1.73. The van der Waals surface area contributed by atoms with Gasteiger partial charge in [0.15, 0.2) is 0 Å². The van der Waals surface area contributed by atoms with Crippen molar-refractivity contribution in [3.63, 3.8) is 0 Å². The van der Waals surface area contributed by atoms with Gasteiger partial charge in [0, 0.05) is 5.56 Å². The number of hydrogen-bond donors (Lipinski definition) is 2. The number of ketones is 1. The third-order valence-electron chi connectivity index (χ3n) is 5.91. The summed E-state index contributed by atoms with van der Waals surface area (Å²) in [5.41, 5.74) is 2.44. The molecule has 2 N–H and O–H groups in total. The van der Waals surface area contributed by atoms with Crippen LogP contribution < -0.4 is 4.90 Å². The van der Waals surface area contributed by atoms with Crippen LogP contribution in [0, 0.1) is 13.8 Å². The number of amides is 1. The second-order valence-corrected chi connectivity index (χ2v) is 7.94. The Kier molecular flexibility index (Phi) is 5.74. The van der Waals surface area contributed by atoms with Gasteiger partial charge in [0.25, 0.3) is 11.7 Å². The highest BCUT2D eigenvalue weighted by molar-refractivity contribution is 6.46. The summed E-state index contributed by atoms with van der Waals surface area (Å²) in [6, 6.07) is 8.39. The van der Waals surface area contributed by atoms with E-state index in [1.54, 1.807) is 12.1 Å². The molecule has 1 aromatic heterocycles. The Morgan fingerprint density at radius 3 is 2.67 bits per heavy atom. The van der Waals surface area contributed by atoms with Gasteiger partial charge in [0.2, 0.25) is 0 Å². The molecule has 2 fully saturated rings. The molecule has 0 bridgehead atoms. The molecule has 7 nitrogen and oxygen atoms in total. The predicted octanol–water partition coefficient (Wildman–Crippen LogP) is 1.23. The Morgan fingerprint density at radius 1 is 1.20 bits per heavy atom. The Morgan fingerprint density at radius 2 is 1.97 bits per heavy atom. The minimum Gasteiger partial charge on any atom is -0.507 e. The topological polar surface area (TPSA) is 84.4 Å². The number of aliphatic hydroxyl groups excluding tert-OH is 1. The van der Waals surface area contributed by atoms with Crippen LogP contribution in [0.1, 0.15) is 28.5 Å². The number of quaternary nitrogens is 1. The van der Waals surface area contributed by atoms with Crippen LogP contribution >= 0.6 is 0 Å². The molecule has 1 amide bonds. The third-order valence-corrected chi connectivity index (χ3v) is 5.91. The van der Waals surface area contributed by atoms with Crippen molar-refractivity contribution < 1.29 is 28.7 Å². The van der Waals surface area contributed by atoms with Crippen molar-refractivity contribution in [2.24, 2.45) is 0 Å². The zero-order chi connectivity index (χ0) is 21.3. The summed E-state index contributed by atoms with van der Waals surface area (Å²) in [7, 11) is 0. The Labute approximate surface area is 175 Å². The number of carbonyl (C=O) groups is 2. The van der Waals surface area contributed by atoms with Crippen LogP contribution in [0.25, 0.3) is 5.76 Å². The van der Waals surface area contributed by atoms with Crippen LogP contribution in [-0.2, 0) is 14.3 Å². The molecular weight excluding hydrogens is 384 g/mol. The van der Waals surface area contributed by atoms with Crippen LogP contribution in [0.3, 0.4) is 0 Å². The SMILES string of the molecule is Cc1ccc(C)c(C(O)=C2C(=O)C(=O)N(CC[NH+]3CCOCC3)[C@H]2c2ccco2)c1. The van der Waals surface area contributed by atoms with E-state index in [1.807, 2.05) is 32.0 Å². The minimum absolute atomic E-state index is 0.0839. The van der Waals surface area contributed by atoms with E-state index in [4.69, 9.17) is 9.15 Å². The first kappa shape index (κ1) is 20.4. The number of aryl methyl sites for hydroxylation is 2. The van der Waals surface area contributed by atoms with E-state index in [0.717, 1.165) is 24.2 Å². The van der Waals surface area contributed by atoms with Gasteiger partial charge in [0.05, 0.1) is 38.1 Å². The number of morpholine rings is 1. The lowest BCUT2D eigenvalue weighted by Gasteiger charge is -2.28. The smallest absolute Gasteiger partial charge is 0.295 e. The van der Waals surface area contributed by atoms with Gasteiger partial charge in [-0.2, -0.15) is 0 Å². The first-order valence-corrected chi connectivity index (χ1v) is 10.3. The van der Waals surface area contributed by atoms with Gasteiger partial charge in [0.1, 0.15) is 30.7 Å². The molecule has 158 valence electrons. The van der Waals surface area contributed by atoms with Gasteiger partial charge >= 0.3 is 0 Å². The van der Waals surface area contributed by atoms with Crippen molar-refractivity contribution in [3.05, 3.63) is 64.6 Å². The molecule has 7 heteroatoms. The predicted molar refractivity (Wildman–Crippen MR) is 110 cm³/mol. The van der Waals surface area contributed by atoms with Gasteiger partial charge in [-0.15, -0.1) is 0 Å². The molecule has 0 radical (unpaired) electrons. The molecule has 0 aliphatic carbocycles. The summed E-state index contributed by atoms with van der Waals surface area (Å²) >= 11 is 0. The number of ether oxygens (including phenoxy) is 1. The number of likely N-dealkylation sites (tertiary alicyclic amines) is 1. The van der Waals surface area contributed by atoms with E-state index in [9.17, 15) is 14.7 Å². The largest absolute Gasteiger partial charge is 0.507 e. The monoisotopic (exact) mass is 411 g/mol. The van der Waals surface area contributed by atoms with Crippen molar-refractivity contribution in [1.82, 2.24) is 4.90 Å². The van der Waals surface area contributed by atoms with Gasteiger partial charge in [-0.1, -0.05) is 17.7 Å². The summed E-state index contributed by atoms with van der Waals surface area (Å²) in [5.74, 6) is -0.960. The van der Waals surface area contributed by atoms with Crippen molar-refractivity contribution in [2.45, 2.75) is 19.9 Å². The number of nitrogens with zero attached hydrogens (tertiary/aromatic N) is 1. The number of carbonyl (C=O) groups excluding carboxylic acids is 2. The molecular formula is C23H27N2O5+. The maximum atomic E-state index is 13.0. The number of furan rings is 1. The number of nitrogens with one attached hydrogen (secondary N) is 1. The van der Waals surface area contributed by atoms with Crippen LogP contribution in [0.15, 0.2) is 46.6 Å². The third kappa shape index (κ3) is 3.78. The Bertz CT molecular complexity index is 973. The Hall–Kier alpha value is -2.90. The molecule has 0 saturated carbocycles. The maximum absolute atomic E-state index is 13.0. The zero-order valence-electron chi connectivity index (χ0n) is 17.3. The summed E-state index contributed by atoms with van der Waals surface area (Å²) in [4.78, 5) is 28.8. The number of rotatable bonds is 5. The lowest BCUT2D eigenvalue weighted by molar-refractivity contribution is -0.907. The van der Waals surface area contributed by atoms with Crippen molar-refractivity contribution in [1.29, 1.82) is 0 Å². The summed E-state index contributed by atoms with van der Waals surface area (Å²) < 4.78 is 11.0. The van der Waals surface area contributed by atoms with Gasteiger partial charge in [-0.05, 0) is 37.6 Å². The lowest BCUT2D eigenvalue weighted by Crippen LogP contribution is -3.14. The van der Waals surface area contributed by atoms with E-state index in [1.165, 1.54) is 16.1 Å². The molecule has 3 heterocycles. The fraction of sp³-hybridized carbons (Fsp3) is 0.391. The molecule has 2 aliphatic heterocycles. The highest BCUT2D eigenvalue weighted by Crippen LogP contribution is 2.39. The molecule has 0 unspecified atom stereocenters. The average molecular weight is 411 g/mol. The fourth-order valence-corrected chi connectivity index (χ4v) is 4.18. The zero-order valence-corrected chi connectivity index (χ0v) is 17.3. The van der Waals surface area contributed by atoms with Crippen LogP contribution in [0.2, 0.25) is 0 Å². The first-order chi connectivity index (χ1) is 14.5. The first-order valence-electron chi connectivity index (χ1n) is 10.3. The molecule has 30 heavy (non-hydrogen) atoms. The molecule has 2 saturated heterocycles. The summed E-state index contributed by atoms with van der Waals surface area (Å²) in [6.45, 7) is 8.03. The van der Waals surface area contributed by atoms with Crippen LogP contribution in [0.5, 0.6) is 0 Å². The highest BCUT2D eigenvalue weighted by atomic mass is 16.5. The van der Waals surface area contributed by atoms with E-state index in [0.29, 0.717) is 37.6 Å². The van der Waals surface area contributed by atoms with Crippen LogP contribution in [-0.4, -0.2) is 61.1 Å². The number of benzene rings is 1. The molecule has 1 aromatic carbocycles. The van der Waals surface area contributed by atoms with E-state index < -0.39 is 17.7 Å². The van der Waals surface area contributed by atoms with E-state index >= 15 is 0 Å². The number of aliphatic hydroxyl groups is 1. The second-order valence-electron chi connectivity index (χ2n) is 7.94. The molecule has 1 atom stereocenters. The minimum atomic E-state index is -0.736. The summed E-state index contributed by atoms with van der Waals surface area (Å²) in [5, 5.41) is 11.1. The average Bonchev–Trinajstić information content (AvgIpc) is 3.36. The molecule has 2 aliphatic rings. The van der Waals surface area contributed by atoms with Crippen molar-refractivity contribution in [2.75, 3.05) is 39.4 Å². The standard InChI is InChI=1S/C23H26N2O5/c1-15-5-6-16(2)17(14-15)21(26)19-20(18-4-3-11-30-18)25(23(28)22(19)27)8-7-24-9-12-29-13-10-24/h3-6,11,14,20,26H,7-10,12-13H2,1-2H3/p+1/t20-/m0/s1. The molecule has 0 spiro atoms. The van der Waals surface area contributed by atoms with Crippen molar-refractivity contribution in [3.8, 4) is 0 Å².